The van der Waals surface area contributed by atoms with Crippen molar-refractivity contribution >= 4 is 38.6 Å². The highest BCUT2D eigenvalue weighted by molar-refractivity contribution is 9.10. The molecule has 0 amide bonds. The van der Waals surface area contributed by atoms with Gasteiger partial charge in [0.1, 0.15) is 5.82 Å². The van der Waals surface area contributed by atoms with Crippen molar-refractivity contribution in [1.29, 1.82) is 0 Å². The van der Waals surface area contributed by atoms with E-state index in [2.05, 4.69) is 59.5 Å². The lowest BCUT2D eigenvalue weighted by atomic mass is 10.0. The zero-order valence-corrected chi connectivity index (χ0v) is 14.2. The van der Waals surface area contributed by atoms with Crippen LogP contribution in [0.2, 0.25) is 0 Å². The van der Waals surface area contributed by atoms with E-state index in [4.69, 9.17) is 16.6 Å². The van der Waals surface area contributed by atoms with Crippen LogP contribution < -0.4 is 0 Å². The summed E-state index contributed by atoms with van der Waals surface area (Å²) < 4.78 is 3.35. The molecule has 0 aliphatic heterocycles. The molecular weight excluding hydrogens is 324 g/mol. The number of fused-ring (bicyclic) bond motifs is 1. The molecule has 0 bridgehead atoms. The predicted octanol–water partition coefficient (Wildman–Crippen LogP) is 5.71. The van der Waals surface area contributed by atoms with Gasteiger partial charge in [-0.25, -0.2) is 4.98 Å². The first kappa shape index (κ1) is 14.9. The van der Waals surface area contributed by atoms with Gasteiger partial charge in [0, 0.05) is 10.5 Å². The number of hydrogen-bond acceptors (Lipinski definition) is 1. The summed E-state index contributed by atoms with van der Waals surface area (Å²) in [6.07, 6.45) is 1.15. The molecule has 3 atom stereocenters. The summed E-state index contributed by atoms with van der Waals surface area (Å²) in [4.78, 5) is 4.71. The van der Waals surface area contributed by atoms with Crippen LogP contribution in [0, 0.1) is 5.92 Å². The summed E-state index contributed by atoms with van der Waals surface area (Å²) in [5, 5.41) is -0.0855. The molecular formula is C15H20BrClN2. The molecule has 2 aromatic rings. The average molecular weight is 344 g/mol. The van der Waals surface area contributed by atoms with Gasteiger partial charge in [0.2, 0.25) is 0 Å². The van der Waals surface area contributed by atoms with Gasteiger partial charge in [-0.05, 0) is 38.0 Å². The Morgan fingerprint density at radius 3 is 2.58 bits per heavy atom. The molecule has 2 nitrogen and oxygen atoms in total. The number of nitrogens with zero attached hydrogens (tertiary/aromatic N) is 2. The van der Waals surface area contributed by atoms with Crippen LogP contribution in [0.1, 0.15) is 51.4 Å². The van der Waals surface area contributed by atoms with Crippen LogP contribution in [0.5, 0.6) is 0 Å². The smallest absolute Gasteiger partial charge is 0.127 e. The van der Waals surface area contributed by atoms with Crippen LogP contribution in [0.4, 0.5) is 0 Å². The molecule has 4 heteroatoms. The fraction of sp³-hybridized carbons (Fsp3) is 0.533. The van der Waals surface area contributed by atoms with Gasteiger partial charge in [-0.1, -0.05) is 36.2 Å². The van der Waals surface area contributed by atoms with E-state index < -0.39 is 0 Å². The Hall–Kier alpha value is -0.540. The van der Waals surface area contributed by atoms with Gasteiger partial charge in [0.05, 0.1) is 16.4 Å². The van der Waals surface area contributed by atoms with Crippen molar-refractivity contribution in [2.45, 2.75) is 45.5 Å². The minimum Gasteiger partial charge on any atom is -0.324 e. The zero-order chi connectivity index (χ0) is 14.2. The van der Waals surface area contributed by atoms with Crippen LogP contribution in [0.25, 0.3) is 11.0 Å². The fourth-order valence-corrected chi connectivity index (χ4v) is 2.90. The highest BCUT2D eigenvalue weighted by atomic mass is 79.9. The number of halogens is 2. The molecule has 0 radical (unpaired) electrons. The number of imidazole rings is 1. The predicted molar refractivity (Wildman–Crippen MR) is 85.9 cm³/mol. The van der Waals surface area contributed by atoms with Gasteiger partial charge in [-0.15, -0.1) is 11.6 Å². The Bertz CT molecular complexity index is 577. The normalized spacial score (nSPS) is 16.5. The summed E-state index contributed by atoms with van der Waals surface area (Å²) in [6.45, 7) is 8.73. The van der Waals surface area contributed by atoms with E-state index in [1.54, 1.807) is 0 Å². The van der Waals surface area contributed by atoms with E-state index in [0.717, 1.165) is 22.2 Å². The van der Waals surface area contributed by atoms with Gasteiger partial charge in [0.25, 0.3) is 0 Å². The fourth-order valence-electron chi connectivity index (χ4n) is 2.39. The summed E-state index contributed by atoms with van der Waals surface area (Å²) in [5.41, 5.74) is 2.17. The van der Waals surface area contributed by atoms with E-state index in [0.29, 0.717) is 12.0 Å². The number of aromatic nitrogens is 2. The second kappa shape index (κ2) is 5.84. The van der Waals surface area contributed by atoms with Gasteiger partial charge >= 0.3 is 0 Å². The summed E-state index contributed by atoms with van der Waals surface area (Å²) >= 11 is 9.82. The largest absolute Gasteiger partial charge is 0.324 e. The number of benzene rings is 1. The average Bonchev–Trinajstić information content (AvgIpc) is 2.75. The maximum Gasteiger partial charge on any atom is 0.127 e. The molecule has 1 aromatic carbocycles. The van der Waals surface area contributed by atoms with Crippen molar-refractivity contribution < 1.29 is 0 Å². The lowest BCUT2D eigenvalue weighted by Crippen LogP contribution is -2.16. The van der Waals surface area contributed by atoms with Crippen molar-refractivity contribution in [2.75, 3.05) is 0 Å². The standard InChI is InChI=1S/C15H20BrClN2/c1-5-9(2)11(4)19-14-7-6-12(16)8-13(14)18-15(19)10(3)17/h6-11H,5H2,1-4H3. The van der Waals surface area contributed by atoms with Crippen molar-refractivity contribution in [2.24, 2.45) is 5.92 Å². The highest BCUT2D eigenvalue weighted by Crippen LogP contribution is 2.32. The Morgan fingerprint density at radius 1 is 1.32 bits per heavy atom. The Balaban J connectivity index is 2.65. The third-order valence-corrected chi connectivity index (χ3v) is 4.60. The quantitative estimate of drug-likeness (QED) is 0.650. The molecule has 1 heterocycles. The number of alkyl halides is 1. The molecule has 104 valence electrons. The lowest BCUT2D eigenvalue weighted by molar-refractivity contribution is 0.369. The van der Waals surface area contributed by atoms with Crippen LogP contribution in [-0.4, -0.2) is 9.55 Å². The molecule has 0 aliphatic rings. The molecule has 1 aromatic heterocycles. The van der Waals surface area contributed by atoms with E-state index in [1.165, 1.54) is 5.52 Å². The van der Waals surface area contributed by atoms with E-state index >= 15 is 0 Å². The zero-order valence-electron chi connectivity index (χ0n) is 11.8. The van der Waals surface area contributed by atoms with E-state index in [1.807, 2.05) is 6.92 Å². The van der Waals surface area contributed by atoms with Crippen molar-refractivity contribution in [3.63, 3.8) is 0 Å². The van der Waals surface area contributed by atoms with Crippen molar-refractivity contribution in [3.05, 3.63) is 28.5 Å². The third-order valence-electron chi connectivity index (χ3n) is 3.91. The minimum atomic E-state index is -0.0855. The second-order valence-electron chi connectivity index (χ2n) is 5.22. The molecule has 19 heavy (non-hydrogen) atoms. The van der Waals surface area contributed by atoms with E-state index in [-0.39, 0.29) is 5.38 Å². The van der Waals surface area contributed by atoms with E-state index in [9.17, 15) is 0 Å². The third kappa shape index (κ3) is 2.82. The first-order chi connectivity index (χ1) is 8.95. The van der Waals surface area contributed by atoms with Crippen LogP contribution in [-0.2, 0) is 0 Å². The van der Waals surface area contributed by atoms with Crippen molar-refractivity contribution in [1.82, 2.24) is 9.55 Å². The minimum absolute atomic E-state index is 0.0855. The molecule has 3 unspecified atom stereocenters. The molecule has 2 rings (SSSR count). The molecule has 0 fully saturated rings. The topological polar surface area (TPSA) is 17.8 Å². The second-order valence-corrected chi connectivity index (χ2v) is 6.79. The lowest BCUT2D eigenvalue weighted by Gasteiger charge is -2.23. The van der Waals surface area contributed by atoms with Gasteiger partial charge in [0.15, 0.2) is 0 Å². The van der Waals surface area contributed by atoms with Crippen LogP contribution >= 0.6 is 27.5 Å². The van der Waals surface area contributed by atoms with Gasteiger partial charge < -0.3 is 4.57 Å². The maximum atomic E-state index is 6.32. The number of hydrogen-bond donors (Lipinski definition) is 0. The monoisotopic (exact) mass is 342 g/mol. The summed E-state index contributed by atoms with van der Waals surface area (Å²) in [5.74, 6) is 1.55. The SMILES string of the molecule is CCC(C)C(C)n1c(C(C)Cl)nc2cc(Br)ccc21. The molecule has 0 saturated carbocycles. The number of rotatable bonds is 4. The van der Waals surface area contributed by atoms with Crippen molar-refractivity contribution in [3.8, 4) is 0 Å². The van der Waals surface area contributed by atoms with Gasteiger partial charge in [-0.2, -0.15) is 0 Å². The van der Waals surface area contributed by atoms with Gasteiger partial charge in [-0.3, -0.25) is 0 Å². The molecule has 0 aliphatic carbocycles. The maximum absolute atomic E-state index is 6.32. The van der Waals surface area contributed by atoms with Crippen LogP contribution in [0.3, 0.4) is 0 Å². The molecule has 0 N–H and O–H groups in total. The Labute approximate surface area is 128 Å². The molecule has 0 saturated heterocycles. The first-order valence-corrected chi connectivity index (χ1v) is 8.00. The molecule has 0 spiro atoms. The first-order valence-electron chi connectivity index (χ1n) is 6.77. The summed E-state index contributed by atoms with van der Waals surface area (Å²) in [7, 11) is 0. The Kier molecular flexibility index (Phi) is 4.57. The van der Waals surface area contributed by atoms with Crippen LogP contribution in [0.15, 0.2) is 22.7 Å². The highest BCUT2D eigenvalue weighted by Gasteiger charge is 2.22. The Morgan fingerprint density at radius 2 is 2.00 bits per heavy atom. The summed E-state index contributed by atoms with van der Waals surface area (Å²) in [6, 6.07) is 6.63.